The van der Waals surface area contributed by atoms with Gasteiger partial charge in [0, 0.05) is 12.5 Å². The zero-order chi connectivity index (χ0) is 13.8. The van der Waals surface area contributed by atoms with E-state index < -0.39 is 5.97 Å². The average Bonchev–Trinajstić information content (AvgIpc) is 2.82. The zero-order valence-electron chi connectivity index (χ0n) is 10.6. The SMILES string of the molecule is COc1cc(-c2ocnc2C)nc(CCC(=O)O)n1. The molecular weight excluding hydrogens is 250 g/mol. The Bertz CT molecular complexity index is 594. The Kier molecular flexibility index (Phi) is 3.74. The fourth-order valence-corrected chi connectivity index (χ4v) is 1.57. The minimum Gasteiger partial charge on any atom is -0.481 e. The van der Waals surface area contributed by atoms with E-state index in [1.54, 1.807) is 13.0 Å². The van der Waals surface area contributed by atoms with Crippen molar-refractivity contribution < 1.29 is 19.1 Å². The van der Waals surface area contributed by atoms with Crippen molar-refractivity contribution in [3.8, 4) is 17.3 Å². The Morgan fingerprint density at radius 2 is 2.26 bits per heavy atom. The molecule has 1 N–H and O–H groups in total. The van der Waals surface area contributed by atoms with E-state index in [4.69, 9.17) is 14.3 Å². The fourth-order valence-electron chi connectivity index (χ4n) is 1.57. The summed E-state index contributed by atoms with van der Waals surface area (Å²) in [5.41, 5.74) is 1.23. The largest absolute Gasteiger partial charge is 0.481 e. The molecule has 0 unspecified atom stereocenters. The summed E-state index contributed by atoms with van der Waals surface area (Å²) in [5.74, 6) is 0.384. The number of carboxylic acids is 1. The molecule has 0 fully saturated rings. The Morgan fingerprint density at radius 1 is 1.47 bits per heavy atom. The van der Waals surface area contributed by atoms with E-state index in [0.29, 0.717) is 28.9 Å². The number of carboxylic acid groups (broad SMARTS) is 1. The van der Waals surface area contributed by atoms with Crippen LogP contribution in [0.25, 0.3) is 11.5 Å². The van der Waals surface area contributed by atoms with Crippen LogP contribution in [-0.2, 0) is 11.2 Å². The van der Waals surface area contributed by atoms with E-state index in [1.165, 1.54) is 13.5 Å². The fraction of sp³-hybridized carbons (Fsp3) is 0.333. The smallest absolute Gasteiger partial charge is 0.303 e. The second-order valence-electron chi connectivity index (χ2n) is 3.87. The van der Waals surface area contributed by atoms with Crippen LogP contribution >= 0.6 is 0 Å². The lowest BCUT2D eigenvalue weighted by molar-refractivity contribution is -0.137. The molecule has 0 bridgehead atoms. The molecule has 0 spiro atoms. The lowest BCUT2D eigenvalue weighted by Gasteiger charge is -2.05. The number of carbonyl (C=O) groups is 1. The Morgan fingerprint density at radius 3 is 2.84 bits per heavy atom. The van der Waals surface area contributed by atoms with Crippen molar-refractivity contribution in [1.29, 1.82) is 0 Å². The first kappa shape index (κ1) is 13.0. The van der Waals surface area contributed by atoms with Gasteiger partial charge in [0.25, 0.3) is 0 Å². The number of aryl methyl sites for hydroxylation is 2. The number of hydrogen-bond donors (Lipinski definition) is 1. The molecule has 0 aliphatic heterocycles. The highest BCUT2D eigenvalue weighted by Crippen LogP contribution is 2.23. The third-order valence-electron chi connectivity index (χ3n) is 2.50. The standard InChI is InChI=1S/C12H13N3O4/c1-7-12(19-6-13-7)8-5-10(18-2)15-9(14-8)3-4-11(16)17/h5-6H,3-4H2,1-2H3,(H,16,17). The summed E-state index contributed by atoms with van der Waals surface area (Å²) < 4.78 is 10.3. The number of hydrogen-bond acceptors (Lipinski definition) is 6. The van der Waals surface area contributed by atoms with Gasteiger partial charge in [0.05, 0.1) is 19.2 Å². The average molecular weight is 263 g/mol. The van der Waals surface area contributed by atoms with Gasteiger partial charge in [-0.2, -0.15) is 4.98 Å². The summed E-state index contributed by atoms with van der Waals surface area (Å²) in [4.78, 5) is 22.9. The van der Waals surface area contributed by atoms with Crippen LogP contribution in [0, 0.1) is 6.92 Å². The molecule has 0 aliphatic carbocycles. The van der Waals surface area contributed by atoms with E-state index >= 15 is 0 Å². The highest BCUT2D eigenvalue weighted by atomic mass is 16.5. The Hall–Kier alpha value is -2.44. The van der Waals surface area contributed by atoms with Crippen molar-refractivity contribution >= 4 is 5.97 Å². The van der Waals surface area contributed by atoms with Crippen LogP contribution < -0.4 is 4.74 Å². The summed E-state index contributed by atoms with van der Waals surface area (Å²) >= 11 is 0. The molecule has 7 heteroatoms. The molecule has 19 heavy (non-hydrogen) atoms. The lowest BCUT2D eigenvalue weighted by atomic mass is 10.2. The summed E-state index contributed by atoms with van der Waals surface area (Å²) in [6.45, 7) is 1.80. The van der Waals surface area contributed by atoms with Crippen LogP contribution in [0.1, 0.15) is 17.9 Å². The molecule has 2 aromatic rings. The number of aliphatic carboxylic acids is 1. The quantitative estimate of drug-likeness (QED) is 0.871. The number of aromatic nitrogens is 3. The zero-order valence-corrected chi connectivity index (χ0v) is 10.6. The van der Waals surface area contributed by atoms with Crippen molar-refractivity contribution in [2.24, 2.45) is 0 Å². The van der Waals surface area contributed by atoms with E-state index in [-0.39, 0.29) is 12.8 Å². The first-order chi connectivity index (χ1) is 9.10. The molecule has 0 aliphatic rings. The molecule has 0 atom stereocenters. The second kappa shape index (κ2) is 5.47. The molecule has 0 aromatic carbocycles. The Balaban J connectivity index is 2.36. The van der Waals surface area contributed by atoms with Gasteiger partial charge in [-0.15, -0.1) is 0 Å². The summed E-state index contributed by atoms with van der Waals surface area (Å²) in [7, 11) is 1.49. The van der Waals surface area contributed by atoms with Gasteiger partial charge < -0.3 is 14.3 Å². The van der Waals surface area contributed by atoms with Crippen LogP contribution in [0.4, 0.5) is 0 Å². The van der Waals surface area contributed by atoms with Gasteiger partial charge >= 0.3 is 5.97 Å². The molecule has 100 valence electrons. The second-order valence-corrected chi connectivity index (χ2v) is 3.87. The van der Waals surface area contributed by atoms with Crippen LogP contribution in [0.2, 0.25) is 0 Å². The van der Waals surface area contributed by atoms with E-state index in [2.05, 4.69) is 15.0 Å². The number of rotatable bonds is 5. The third kappa shape index (κ3) is 3.06. The van der Waals surface area contributed by atoms with Crippen LogP contribution in [0.5, 0.6) is 5.88 Å². The topological polar surface area (TPSA) is 98.3 Å². The Labute approximate surface area is 109 Å². The van der Waals surface area contributed by atoms with Gasteiger partial charge in [-0.1, -0.05) is 0 Å². The van der Waals surface area contributed by atoms with E-state index in [9.17, 15) is 4.79 Å². The summed E-state index contributed by atoms with van der Waals surface area (Å²) in [5, 5.41) is 8.68. The van der Waals surface area contributed by atoms with Crippen molar-refractivity contribution in [1.82, 2.24) is 15.0 Å². The van der Waals surface area contributed by atoms with Crippen LogP contribution in [-0.4, -0.2) is 33.1 Å². The first-order valence-corrected chi connectivity index (χ1v) is 5.64. The third-order valence-corrected chi connectivity index (χ3v) is 2.50. The van der Waals surface area contributed by atoms with E-state index in [1.807, 2.05) is 0 Å². The number of methoxy groups -OCH3 is 1. The molecule has 2 heterocycles. The minimum atomic E-state index is -0.899. The number of oxazole rings is 1. The van der Waals surface area contributed by atoms with Crippen LogP contribution in [0.15, 0.2) is 16.9 Å². The van der Waals surface area contributed by atoms with Gasteiger partial charge in [-0.25, -0.2) is 9.97 Å². The van der Waals surface area contributed by atoms with Gasteiger partial charge in [0.15, 0.2) is 12.2 Å². The van der Waals surface area contributed by atoms with Crippen LogP contribution in [0.3, 0.4) is 0 Å². The maximum atomic E-state index is 10.6. The van der Waals surface area contributed by atoms with Crippen molar-refractivity contribution in [2.75, 3.05) is 7.11 Å². The normalized spacial score (nSPS) is 10.4. The maximum absolute atomic E-state index is 10.6. The number of nitrogens with zero attached hydrogens (tertiary/aromatic N) is 3. The monoisotopic (exact) mass is 263 g/mol. The maximum Gasteiger partial charge on any atom is 0.303 e. The molecule has 0 amide bonds. The molecule has 2 rings (SSSR count). The summed E-state index contributed by atoms with van der Waals surface area (Å²) in [6, 6.07) is 1.62. The highest BCUT2D eigenvalue weighted by molar-refractivity contribution is 5.67. The molecular formula is C12H13N3O4. The molecule has 2 aromatic heterocycles. The molecule has 0 saturated heterocycles. The molecule has 0 saturated carbocycles. The molecule has 7 nitrogen and oxygen atoms in total. The molecule has 0 radical (unpaired) electrons. The van der Waals surface area contributed by atoms with E-state index in [0.717, 1.165) is 0 Å². The predicted octanol–water partition coefficient (Wildman–Crippen LogP) is 1.47. The van der Waals surface area contributed by atoms with Crippen molar-refractivity contribution in [3.63, 3.8) is 0 Å². The van der Waals surface area contributed by atoms with Gasteiger partial charge in [0.1, 0.15) is 11.5 Å². The highest BCUT2D eigenvalue weighted by Gasteiger charge is 2.13. The van der Waals surface area contributed by atoms with Crippen molar-refractivity contribution in [2.45, 2.75) is 19.8 Å². The lowest BCUT2D eigenvalue weighted by Crippen LogP contribution is -2.04. The van der Waals surface area contributed by atoms with Gasteiger partial charge in [0.2, 0.25) is 5.88 Å². The minimum absolute atomic E-state index is 0.0397. The summed E-state index contributed by atoms with van der Waals surface area (Å²) in [6.07, 6.45) is 1.52. The number of ether oxygens (including phenoxy) is 1. The first-order valence-electron chi connectivity index (χ1n) is 5.64. The van der Waals surface area contributed by atoms with Gasteiger partial charge in [-0.3, -0.25) is 4.79 Å². The van der Waals surface area contributed by atoms with Crippen molar-refractivity contribution in [3.05, 3.63) is 24.0 Å². The predicted molar refractivity (Wildman–Crippen MR) is 64.8 cm³/mol. The van der Waals surface area contributed by atoms with Gasteiger partial charge in [-0.05, 0) is 6.92 Å².